The average Bonchev–Trinajstić information content (AvgIpc) is 3.10. The summed E-state index contributed by atoms with van der Waals surface area (Å²) in [7, 11) is 2.15. The van der Waals surface area contributed by atoms with Gasteiger partial charge in [0.2, 0.25) is 6.29 Å². The topological polar surface area (TPSA) is 129 Å². The van der Waals surface area contributed by atoms with Crippen molar-refractivity contribution in [1.29, 1.82) is 0 Å². The number of hydrogen-bond acceptors (Lipinski definition) is 9. The number of rotatable bonds is 9. The van der Waals surface area contributed by atoms with Gasteiger partial charge in [-0.05, 0) is 83.7 Å². The SMILES string of the molecule is CC(C)=CCc1cc(C(=O)OC2C[C@H]3CC[C@@H](C2)N3C)cc(CC=C(C)C)c1O[C@@H]1O[C@H](CO)[C@@H](O)[C@H](O)[C@H]1O. The van der Waals surface area contributed by atoms with Gasteiger partial charge < -0.3 is 39.5 Å². The minimum Gasteiger partial charge on any atom is -0.461 e. The largest absolute Gasteiger partial charge is 0.461 e. The number of carbonyl (C=O) groups excluding carboxylic acids is 1. The molecule has 1 unspecified atom stereocenters. The standard InChI is InChI=1S/C31H45NO8/c1-17(2)6-8-19-12-21(30(37)38-24-14-22-10-11-23(15-24)32(22)5)13-20(9-7-18(3)4)29(19)40-31-28(36)27(35)26(34)25(16-33)39-31/h6-7,12-13,22-28,31,33-36H,8-11,14-16H2,1-5H3/t22-,23+,24?,25-,26-,27+,28-,31+/m1/s1. The highest BCUT2D eigenvalue weighted by Crippen LogP contribution is 2.37. The molecule has 40 heavy (non-hydrogen) atoms. The van der Waals surface area contributed by atoms with Crippen molar-refractivity contribution < 1.29 is 39.4 Å². The van der Waals surface area contributed by atoms with Crippen LogP contribution in [0.25, 0.3) is 0 Å². The third-order valence-corrected chi connectivity index (χ3v) is 8.35. The highest BCUT2D eigenvalue weighted by Gasteiger charge is 2.45. The second-order valence-electron chi connectivity index (χ2n) is 12.0. The third-order valence-electron chi connectivity index (χ3n) is 8.35. The number of ether oxygens (including phenoxy) is 3. The summed E-state index contributed by atoms with van der Waals surface area (Å²) < 4.78 is 17.9. The fourth-order valence-corrected chi connectivity index (χ4v) is 5.91. The number of aliphatic hydroxyl groups is 4. The van der Waals surface area contributed by atoms with Gasteiger partial charge in [0.15, 0.2) is 0 Å². The zero-order valence-corrected chi connectivity index (χ0v) is 24.2. The first-order chi connectivity index (χ1) is 19.0. The van der Waals surface area contributed by atoms with Crippen LogP contribution in [0.4, 0.5) is 0 Å². The Bertz CT molecular complexity index is 1050. The molecule has 4 N–H and O–H groups in total. The number of aliphatic hydroxyl groups excluding tert-OH is 4. The number of fused-ring (bicyclic) bond motifs is 2. The van der Waals surface area contributed by atoms with Gasteiger partial charge in [-0.3, -0.25) is 0 Å². The second-order valence-corrected chi connectivity index (χ2v) is 12.0. The van der Waals surface area contributed by atoms with Crippen LogP contribution in [0.15, 0.2) is 35.4 Å². The third kappa shape index (κ3) is 6.95. The van der Waals surface area contributed by atoms with Gasteiger partial charge in [-0.15, -0.1) is 0 Å². The maximum atomic E-state index is 13.5. The molecule has 0 amide bonds. The summed E-state index contributed by atoms with van der Waals surface area (Å²) in [5.41, 5.74) is 4.00. The van der Waals surface area contributed by atoms with Crippen molar-refractivity contribution in [2.45, 2.75) is 115 Å². The van der Waals surface area contributed by atoms with Gasteiger partial charge in [-0.25, -0.2) is 4.79 Å². The maximum Gasteiger partial charge on any atom is 0.338 e. The molecule has 4 rings (SSSR count). The van der Waals surface area contributed by atoms with Gasteiger partial charge in [0.25, 0.3) is 0 Å². The van der Waals surface area contributed by atoms with Gasteiger partial charge >= 0.3 is 5.97 Å². The van der Waals surface area contributed by atoms with Crippen molar-refractivity contribution in [3.05, 3.63) is 52.1 Å². The molecule has 0 aromatic heterocycles. The molecule has 3 aliphatic heterocycles. The summed E-state index contributed by atoms with van der Waals surface area (Å²) in [5.74, 6) is 0.0541. The lowest BCUT2D eigenvalue weighted by Crippen LogP contribution is -2.60. The molecule has 0 aliphatic carbocycles. The monoisotopic (exact) mass is 559 g/mol. The second kappa shape index (κ2) is 13.1. The van der Waals surface area contributed by atoms with Crippen molar-refractivity contribution >= 4 is 5.97 Å². The molecule has 1 aromatic rings. The Morgan fingerprint density at radius 3 is 2.00 bits per heavy atom. The molecule has 3 fully saturated rings. The Morgan fingerprint density at radius 2 is 1.50 bits per heavy atom. The molecule has 9 nitrogen and oxygen atoms in total. The van der Waals surface area contributed by atoms with E-state index >= 15 is 0 Å². The van der Waals surface area contributed by atoms with Crippen LogP contribution in [0.3, 0.4) is 0 Å². The maximum absolute atomic E-state index is 13.5. The number of piperidine rings is 1. The lowest BCUT2D eigenvalue weighted by molar-refractivity contribution is -0.277. The molecule has 1 aromatic carbocycles. The number of allylic oxidation sites excluding steroid dienone is 4. The first-order valence-electron chi connectivity index (χ1n) is 14.3. The van der Waals surface area contributed by atoms with E-state index in [1.807, 2.05) is 39.8 Å². The van der Waals surface area contributed by atoms with Gasteiger partial charge in [-0.2, -0.15) is 0 Å². The minimum atomic E-state index is -1.56. The van der Waals surface area contributed by atoms with E-state index in [1.54, 1.807) is 12.1 Å². The first kappa shape index (κ1) is 30.7. The van der Waals surface area contributed by atoms with Crippen LogP contribution in [0, 0.1) is 0 Å². The molecule has 9 heteroatoms. The quantitative estimate of drug-likeness (QED) is 0.267. The summed E-state index contributed by atoms with van der Waals surface area (Å²) in [5, 5.41) is 40.8. The van der Waals surface area contributed by atoms with Gasteiger partial charge in [-0.1, -0.05) is 23.3 Å². The summed E-state index contributed by atoms with van der Waals surface area (Å²) in [4.78, 5) is 15.9. The van der Waals surface area contributed by atoms with Crippen LogP contribution in [0.2, 0.25) is 0 Å². The van der Waals surface area contributed by atoms with Crippen molar-refractivity contribution in [3.8, 4) is 5.75 Å². The zero-order chi connectivity index (χ0) is 29.1. The van der Waals surface area contributed by atoms with Crippen molar-refractivity contribution in [1.82, 2.24) is 4.90 Å². The van der Waals surface area contributed by atoms with Gasteiger partial charge in [0.1, 0.15) is 36.3 Å². The van der Waals surface area contributed by atoms with E-state index in [1.165, 1.54) is 0 Å². The van der Waals surface area contributed by atoms with E-state index in [0.29, 0.717) is 47.4 Å². The number of hydrogen-bond donors (Lipinski definition) is 4. The Morgan fingerprint density at radius 1 is 0.950 bits per heavy atom. The fraction of sp³-hybridized carbons (Fsp3) is 0.645. The summed E-state index contributed by atoms with van der Waals surface area (Å²) >= 11 is 0. The molecule has 3 aliphatic rings. The van der Waals surface area contributed by atoms with Crippen LogP contribution in [-0.2, 0) is 22.3 Å². The molecule has 2 bridgehead atoms. The van der Waals surface area contributed by atoms with E-state index in [-0.39, 0.29) is 12.1 Å². The minimum absolute atomic E-state index is 0.117. The van der Waals surface area contributed by atoms with E-state index in [4.69, 9.17) is 14.2 Å². The highest BCUT2D eigenvalue weighted by atomic mass is 16.7. The average molecular weight is 560 g/mol. The van der Waals surface area contributed by atoms with Gasteiger partial charge in [0.05, 0.1) is 12.2 Å². The Hall–Kier alpha value is -2.27. The summed E-state index contributed by atoms with van der Waals surface area (Å²) in [6.45, 7) is 7.37. The molecule has 0 saturated carbocycles. The predicted molar refractivity (Wildman–Crippen MR) is 150 cm³/mol. The predicted octanol–water partition coefficient (Wildman–Crippen LogP) is 2.66. The lowest BCUT2D eigenvalue weighted by Gasteiger charge is -2.40. The molecule has 222 valence electrons. The molecule has 3 heterocycles. The van der Waals surface area contributed by atoms with E-state index in [9.17, 15) is 25.2 Å². The molecule has 0 spiro atoms. The Balaban J connectivity index is 1.67. The van der Waals surface area contributed by atoms with E-state index in [2.05, 4.69) is 11.9 Å². The molecule has 8 atom stereocenters. The van der Waals surface area contributed by atoms with E-state index < -0.39 is 37.3 Å². The Labute approximate surface area is 237 Å². The number of carbonyl (C=O) groups is 1. The van der Waals surface area contributed by atoms with Crippen LogP contribution < -0.4 is 4.74 Å². The lowest BCUT2D eigenvalue weighted by atomic mass is 9.97. The molecule has 3 saturated heterocycles. The normalized spacial score (nSPS) is 31.9. The van der Waals surface area contributed by atoms with Crippen molar-refractivity contribution in [2.24, 2.45) is 0 Å². The van der Waals surface area contributed by atoms with Crippen molar-refractivity contribution in [3.63, 3.8) is 0 Å². The molecular formula is C31H45NO8. The first-order valence-corrected chi connectivity index (χ1v) is 14.3. The van der Waals surface area contributed by atoms with Crippen molar-refractivity contribution in [2.75, 3.05) is 13.7 Å². The molecular weight excluding hydrogens is 514 g/mol. The van der Waals surface area contributed by atoms with Crippen LogP contribution in [0.1, 0.15) is 74.9 Å². The molecule has 0 radical (unpaired) electrons. The van der Waals surface area contributed by atoms with Crippen LogP contribution >= 0.6 is 0 Å². The summed E-state index contributed by atoms with van der Waals surface area (Å²) in [6, 6.07) is 4.42. The zero-order valence-electron chi connectivity index (χ0n) is 24.2. The Kier molecular flexibility index (Phi) is 10.1. The van der Waals surface area contributed by atoms with Crippen LogP contribution in [0.5, 0.6) is 5.75 Å². The number of benzene rings is 1. The highest BCUT2D eigenvalue weighted by molar-refractivity contribution is 5.90. The fourth-order valence-electron chi connectivity index (χ4n) is 5.91. The van der Waals surface area contributed by atoms with Gasteiger partial charge in [0, 0.05) is 24.9 Å². The van der Waals surface area contributed by atoms with Crippen LogP contribution in [-0.4, -0.2) is 93.8 Å². The number of esters is 1. The summed E-state index contributed by atoms with van der Waals surface area (Å²) in [6.07, 6.45) is 1.77. The van der Waals surface area contributed by atoms with E-state index in [0.717, 1.165) is 36.8 Å². The number of nitrogens with zero attached hydrogens (tertiary/aromatic N) is 1. The smallest absolute Gasteiger partial charge is 0.338 e.